The lowest BCUT2D eigenvalue weighted by Crippen LogP contribution is -2.36. The van der Waals surface area contributed by atoms with Gasteiger partial charge in [-0.2, -0.15) is 0 Å². The fourth-order valence-electron chi connectivity index (χ4n) is 3.97. The molecule has 0 aromatic rings. The van der Waals surface area contributed by atoms with Crippen molar-refractivity contribution in [2.24, 2.45) is 29.4 Å². The van der Waals surface area contributed by atoms with Crippen LogP contribution in [0.3, 0.4) is 0 Å². The normalized spacial score (nSPS) is 30.6. The molecule has 18 heavy (non-hydrogen) atoms. The minimum absolute atomic E-state index is 0.664. The molecule has 0 aliphatic heterocycles. The molecule has 0 radical (unpaired) electrons. The third-order valence-electron chi connectivity index (χ3n) is 4.68. The highest BCUT2D eigenvalue weighted by atomic mass is 32.1. The predicted molar refractivity (Wildman–Crippen MR) is 81.6 cm³/mol. The molecule has 2 nitrogen and oxygen atoms in total. The second kappa shape index (κ2) is 6.33. The monoisotopic (exact) mass is 268 g/mol. The highest BCUT2D eigenvalue weighted by Crippen LogP contribution is 2.48. The standard InChI is InChI=1S/C15H28N2S/c1-11(2)9-17(6-5-15(16)18)10-14-8-12-3-4-13(14)7-12/h11-14H,3-10H2,1-2H3,(H2,16,18). The zero-order valence-corrected chi connectivity index (χ0v) is 12.7. The van der Waals surface area contributed by atoms with E-state index in [0.717, 1.165) is 36.6 Å². The number of rotatable bonds is 7. The van der Waals surface area contributed by atoms with Crippen LogP contribution in [-0.4, -0.2) is 29.5 Å². The Balaban J connectivity index is 1.82. The topological polar surface area (TPSA) is 29.3 Å². The van der Waals surface area contributed by atoms with Crippen molar-refractivity contribution in [3.05, 3.63) is 0 Å². The molecule has 2 N–H and O–H groups in total. The molecule has 0 saturated heterocycles. The molecule has 3 heteroatoms. The number of thiocarbonyl (C=S) groups is 1. The van der Waals surface area contributed by atoms with Crippen molar-refractivity contribution in [3.8, 4) is 0 Å². The summed E-state index contributed by atoms with van der Waals surface area (Å²) in [6.45, 7) is 8.13. The molecule has 104 valence electrons. The molecule has 0 heterocycles. The Hall–Kier alpha value is -0.150. The van der Waals surface area contributed by atoms with Crippen LogP contribution in [0.2, 0.25) is 0 Å². The minimum atomic E-state index is 0.664. The van der Waals surface area contributed by atoms with E-state index in [9.17, 15) is 0 Å². The van der Waals surface area contributed by atoms with Gasteiger partial charge in [0.1, 0.15) is 0 Å². The van der Waals surface area contributed by atoms with Gasteiger partial charge in [0.15, 0.2) is 0 Å². The summed E-state index contributed by atoms with van der Waals surface area (Å²) in [5, 5.41) is 0. The van der Waals surface area contributed by atoms with Crippen molar-refractivity contribution in [3.63, 3.8) is 0 Å². The van der Waals surface area contributed by atoms with E-state index in [4.69, 9.17) is 18.0 Å². The molecule has 3 unspecified atom stereocenters. The smallest absolute Gasteiger partial charge is 0.0740 e. The summed E-state index contributed by atoms with van der Waals surface area (Å²) in [6.07, 6.45) is 6.85. The van der Waals surface area contributed by atoms with Crippen LogP contribution in [-0.2, 0) is 0 Å². The first-order valence-corrected chi connectivity index (χ1v) is 7.96. The highest BCUT2D eigenvalue weighted by Gasteiger charge is 2.39. The second-order valence-electron chi connectivity index (χ2n) is 6.80. The third kappa shape index (κ3) is 3.92. The summed E-state index contributed by atoms with van der Waals surface area (Å²) in [5.74, 6) is 3.76. The van der Waals surface area contributed by atoms with E-state index in [1.54, 1.807) is 0 Å². The predicted octanol–water partition coefficient (Wildman–Crippen LogP) is 3.06. The van der Waals surface area contributed by atoms with Crippen LogP contribution >= 0.6 is 12.2 Å². The Morgan fingerprint density at radius 2 is 2.11 bits per heavy atom. The molecular weight excluding hydrogens is 240 g/mol. The summed E-state index contributed by atoms with van der Waals surface area (Å²) in [6, 6.07) is 0. The van der Waals surface area contributed by atoms with Crippen LogP contribution in [0.4, 0.5) is 0 Å². The first-order valence-electron chi connectivity index (χ1n) is 7.55. The summed E-state index contributed by atoms with van der Waals surface area (Å²) >= 11 is 5.01. The molecule has 2 fully saturated rings. The van der Waals surface area contributed by atoms with Gasteiger partial charge in [-0.15, -0.1) is 0 Å². The molecule has 0 aromatic heterocycles. The van der Waals surface area contributed by atoms with E-state index < -0.39 is 0 Å². The van der Waals surface area contributed by atoms with E-state index in [0.29, 0.717) is 4.99 Å². The van der Waals surface area contributed by atoms with E-state index in [-0.39, 0.29) is 0 Å². The van der Waals surface area contributed by atoms with E-state index in [2.05, 4.69) is 18.7 Å². The minimum Gasteiger partial charge on any atom is -0.393 e. The molecule has 2 aliphatic carbocycles. The maximum Gasteiger partial charge on any atom is 0.0740 e. The van der Waals surface area contributed by atoms with Gasteiger partial charge in [-0.25, -0.2) is 0 Å². The first-order chi connectivity index (χ1) is 8.54. The van der Waals surface area contributed by atoms with Crippen molar-refractivity contribution in [2.45, 2.75) is 46.0 Å². The van der Waals surface area contributed by atoms with Crippen molar-refractivity contribution in [2.75, 3.05) is 19.6 Å². The van der Waals surface area contributed by atoms with Crippen LogP contribution in [0.25, 0.3) is 0 Å². The average Bonchev–Trinajstić information content (AvgIpc) is 2.86. The van der Waals surface area contributed by atoms with Crippen LogP contribution in [0.5, 0.6) is 0 Å². The summed E-state index contributed by atoms with van der Waals surface area (Å²) in [7, 11) is 0. The van der Waals surface area contributed by atoms with Crippen molar-refractivity contribution in [1.82, 2.24) is 4.90 Å². The molecule has 2 aliphatic rings. The Labute approximate surface area is 117 Å². The molecule has 0 aromatic carbocycles. The fraction of sp³-hybridized carbons (Fsp3) is 0.933. The average molecular weight is 268 g/mol. The molecule has 0 amide bonds. The Morgan fingerprint density at radius 3 is 2.61 bits per heavy atom. The molecule has 0 spiro atoms. The van der Waals surface area contributed by atoms with Gasteiger partial charge in [-0.3, -0.25) is 0 Å². The number of nitrogens with zero attached hydrogens (tertiary/aromatic N) is 1. The van der Waals surface area contributed by atoms with E-state index in [1.165, 1.54) is 38.8 Å². The van der Waals surface area contributed by atoms with Crippen LogP contribution < -0.4 is 5.73 Å². The van der Waals surface area contributed by atoms with Gasteiger partial charge in [0.05, 0.1) is 4.99 Å². The quantitative estimate of drug-likeness (QED) is 0.720. The van der Waals surface area contributed by atoms with Crippen molar-refractivity contribution < 1.29 is 0 Å². The lowest BCUT2D eigenvalue weighted by molar-refractivity contribution is 0.178. The van der Waals surface area contributed by atoms with Crippen molar-refractivity contribution >= 4 is 17.2 Å². The molecule has 3 atom stereocenters. The Bertz CT molecular complexity index is 290. The van der Waals surface area contributed by atoms with Gasteiger partial charge in [0, 0.05) is 26.1 Å². The molecule has 2 rings (SSSR count). The number of hydrogen-bond acceptors (Lipinski definition) is 2. The first kappa shape index (κ1) is 14.3. The van der Waals surface area contributed by atoms with Crippen LogP contribution in [0, 0.1) is 23.7 Å². The number of hydrogen-bond donors (Lipinski definition) is 1. The maximum atomic E-state index is 5.65. The van der Waals surface area contributed by atoms with E-state index in [1.807, 2.05) is 0 Å². The lowest BCUT2D eigenvalue weighted by Gasteiger charge is -2.31. The van der Waals surface area contributed by atoms with E-state index >= 15 is 0 Å². The molecule has 2 saturated carbocycles. The Kier molecular flexibility index (Phi) is 5.02. The van der Waals surface area contributed by atoms with Gasteiger partial charge in [0.2, 0.25) is 0 Å². The summed E-state index contributed by atoms with van der Waals surface area (Å²) in [5.41, 5.74) is 5.65. The molecule has 2 bridgehead atoms. The highest BCUT2D eigenvalue weighted by molar-refractivity contribution is 7.80. The van der Waals surface area contributed by atoms with Gasteiger partial charge in [-0.1, -0.05) is 32.5 Å². The van der Waals surface area contributed by atoms with Gasteiger partial charge in [-0.05, 0) is 42.9 Å². The van der Waals surface area contributed by atoms with Crippen LogP contribution in [0.1, 0.15) is 46.0 Å². The number of fused-ring (bicyclic) bond motifs is 2. The molecular formula is C15H28N2S. The summed E-state index contributed by atoms with van der Waals surface area (Å²) in [4.78, 5) is 3.27. The van der Waals surface area contributed by atoms with Gasteiger partial charge < -0.3 is 10.6 Å². The zero-order chi connectivity index (χ0) is 13.1. The lowest BCUT2D eigenvalue weighted by atomic mass is 9.88. The number of nitrogens with two attached hydrogens (primary N) is 1. The van der Waals surface area contributed by atoms with Gasteiger partial charge >= 0.3 is 0 Å². The largest absolute Gasteiger partial charge is 0.393 e. The summed E-state index contributed by atoms with van der Waals surface area (Å²) < 4.78 is 0. The van der Waals surface area contributed by atoms with Gasteiger partial charge in [0.25, 0.3) is 0 Å². The Morgan fingerprint density at radius 1 is 1.33 bits per heavy atom. The zero-order valence-electron chi connectivity index (χ0n) is 11.9. The van der Waals surface area contributed by atoms with Crippen molar-refractivity contribution in [1.29, 1.82) is 0 Å². The second-order valence-corrected chi connectivity index (χ2v) is 7.33. The SMILES string of the molecule is CC(C)CN(CCC(N)=S)CC1CC2CCC1C2. The fourth-order valence-corrected chi connectivity index (χ4v) is 4.06. The maximum absolute atomic E-state index is 5.65. The third-order valence-corrected chi connectivity index (χ3v) is 4.88. The van der Waals surface area contributed by atoms with Crippen LogP contribution in [0.15, 0.2) is 0 Å².